The van der Waals surface area contributed by atoms with Gasteiger partial charge in [0.05, 0.1) is 0 Å². The highest BCUT2D eigenvalue weighted by molar-refractivity contribution is 6.30. The van der Waals surface area contributed by atoms with E-state index in [0.29, 0.717) is 24.0 Å². The SMILES string of the molecule is CC1(C)CC(=O)C2=C(C1)Nc1ncnn1C2c1cccc(OCc2ccc(Cl)cc2)c1. The molecule has 6 nitrogen and oxygen atoms in total. The summed E-state index contributed by atoms with van der Waals surface area (Å²) >= 11 is 5.96. The number of anilines is 1. The Morgan fingerprint density at radius 3 is 2.81 bits per heavy atom. The van der Waals surface area contributed by atoms with E-state index in [2.05, 4.69) is 29.2 Å². The number of nitrogens with zero attached hydrogens (tertiary/aromatic N) is 3. The molecule has 2 aliphatic rings. The largest absolute Gasteiger partial charge is 0.489 e. The third-order valence-electron chi connectivity index (χ3n) is 5.77. The first-order valence-corrected chi connectivity index (χ1v) is 10.7. The molecule has 1 unspecified atom stereocenters. The van der Waals surface area contributed by atoms with Crippen LogP contribution in [0.15, 0.2) is 66.1 Å². The van der Waals surface area contributed by atoms with Gasteiger partial charge in [-0.2, -0.15) is 10.1 Å². The number of benzene rings is 2. The molecule has 0 bridgehead atoms. The first-order valence-electron chi connectivity index (χ1n) is 10.3. The minimum absolute atomic E-state index is 0.0841. The van der Waals surface area contributed by atoms with Gasteiger partial charge in [-0.1, -0.05) is 49.7 Å². The van der Waals surface area contributed by atoms with E-state index in [1.165, 1.54) is 6.33 Å². The number of ketones is 1. The molecular formula is C24H23ClN4O2. The van der Waals surface area contributed by atoms with Crippen LogP contribution in [-0.4, -0.2) is 20.5 Å². The van der Waals surface area contributed by atoms with Crippen molar-refractivity contribution >= 4 is 23.3 Å². The molecule has 1 N–H and O–H groups in total. The molecule has 158 valence electrons. The lowest BCUT2D eigenvalue weighted by molar-refractivity contribution is -0.118. The molecule has 1 aliphatic carbocycles. The van der Waals surface area contributed by atoms with Crippen molar-refractivity contribution in [1.82, 2.24) is 14.8 Å². The molecule has 1 atom stereocenters. The normalized spacial score (nSPS) is 19.5. The predicted molar refractivity (Wildman–Crippen MR) is 119 cm³/mol. The first-order chi connectivity index (χ1) is 14.9. The van der Waals surface area contributed by atoms with Crippen molar-refractivity contribution in [3.63, 3.8) is 0 Å². The Morgan fingerprint density at radius 2 is 2.00 bits per heavy atom. The van der Waals surface area contributed by atoms with Crippen molar-refractivity contribution < 1.29 is 9.53 Å². The van der Waals surface area contributed by atoms with E-state index in [-0.39, 0.29) is 17.2 Å². The fourth-order valence-corrected chi connectivity index (χ4v) is 4.50. The van der Waals surface area contributed by atoms with E-state index in [4.69, 9.17) is 16.3 Å². The minimum atomic E-state index is -0.323. The van der Waals surface area contributed by atoms with Crippen molar-refractivity contribution in [2.75, 3.05) is 5.32 Å². The number of allylic oxidation sites excluding steroid dienone is 2. The topological polar surface area (TPSA) is 69.0 Å². The summed E-state index contributed by atoms with van der Waals surface area (Å²) < 4.78 is 7.81. The Morgan fingerprint density at radius 1 is 1.19 bits per heavy atom. The highest BCUT2D eigenvalue weighted by atomic mass is 35.5. The van der Waals surface area contributed by atoms with Crippen molar-refractivity contribution in [1.29, 1.82) is 0 Å². The summed E-state index contributed by atoms with van der Waals surface area (Å²) in [4.78, 5) is 17.5. The van der Waals surface area contributed by atoms with Crippen molar-refractivity contribution in [2.45, 2.75) is 39.3 Å². The Balaban J connectivity index is 1.48. The molecule has 0 spiro atoms. The number of rotatable bonds is 4. The van der Waals surface area contributed by atoms with Crippen molar-refractivity contribution in [2.24, 2.45) is 5.41 Å². The van der Waals surface area contributed by atoms with E-state index in [1.807, 2.05) is 48.5 Å². The zero-order valence-electron chi connectivity index (χ0n) is 17.4. The fourth-order valence-electron chi connectivity index (χ4n) is 4.38. The van der Waals surface area contributed by atoms with Gasteiger partial charge in [-0.15, -0.1) is 0 Å². The summed E-state index contributed by atoms with van der Waals surface area (Å²) in [5, 5.41) is 8.45. The summed E-state index contributed by atoms with van der Waals surface area (Å²) in [6, 6.07) is 15.1. The fraction of sp³-hybridized carbons (Fsp3) is 0.292. The number of hydrogen-bond acceptors (Lipinski definition) is 5. The Hall–Kier alpha value is -3.12. The van der Waals surface area contributed by atoms with Gasteiger partial charge in [0.1, 0.15) is 24.7 Å². The van der Waals surface area contributed by atoms with E-state index >= 15 is 0 Å². The van der Waals surface area contributed by atoms with Crippen LogP contribution in [-0.2, 0) is 11.4 Å². The van der Waals surface area contributed by atoms with Crippen LogP contribution in [0.1, 0.15) is 43.9 Å². The Bertz CT molecular complexity index is 1180. The van der Waals surface area contributed by atoms with E-state index in [9.17, 15) is 4.79 Å². The molecule has 1 aliphatic heterocycles. The number of Topliss-reactive ketones (excluding diaryl/α,β-unsaturated/α-hetero) is 1. The molecule has 2 aromatic carbocycles. The molecule has 31 heavy (non-hydrogen) atoms. The van der Waals surface area contributed by atoms with Crippen LogP contribution >= 0.6 is 11.6 Å². The van der Waals surface area contributed by atoms with Crippen LogP contribution in [0, 0.1) is 5.41 Å². The average Bonchev–Trinajstić information content (AvgIpc) is 3.19. The lowest BCUT2D eigenvalue weighted by Gasteiger charge is -2.38. The Labute approximate surface area is 185 Å². The van der Waals surface area contributed by atoms with Crippen molar-refractivity contribution in [3.8, 4) is 5.75 Å². The molecule has 0 radical (unpaired) electrons. The standard InChI is InChI=1S/C24H23ClN4O2/c1-24(2)11-19-21(20(30)12-24)22(29-23(28-19)26-14-27-29)16-4-3-5-18(10-16)31-13-15-6-8-17(25)9-7-15/h3-10,14,22H,11-13H2,1-2H3,(H,26,27,28). The van der Waals surface area contributed by atoms with Gasteiger partial charge in [0, 0.05) is 22.7 Å². The minimum Gasteiger partial charge on any atom is -0.489 e. The second kappa shape index (κ2) is 7.54. The molecule has 0 fully saturated rings. The summed E-state index contributed by atoms with van der Waals surface area (Å²) in [5.41, 5.74) is 3.61. The monoisotopic (exact) mass is 434 g/mol. The van der Waals surface area contributed by atoms with E-state index in [0.717, 1.165) is 34.6 Å². The zero-order valence-corrected chi connectivity index (χ0v) is 18.2. The van der Waals surface area contributed by atoms with Gasteiger partial charge in [0.15, 0.2) is 5.78 Å². The second-order valence-corrected chi connectivity index (χ2v) is 9.31. The summed E-state index contributed by atoms with van der Waals surface area (Å²) in [6.07, 6.45) is 2.83. The zero-order chi connectivity index (χ0) is 21.6. The van der Waals surface area contributed by atoms with Crippen LogP contribution in [0.4, 0.5) is 5.95 Å². The highest BCUT2D eigenvalue weighted by Crippen LogP contribution is 2.45. The number of carbonyl (C=O) groups is 1. The van der Waals surface area contributed by atoms with Crippen LogP contribution < -0.4 is 10.1 Å². The van der Waals surface area contributed by atoms with Gasteiger partial charge in [-0.05, 0) is 47.2 Å². The van der Waals surface area contributed by atoms with Crippen LogP contribution in [0.3, 0.4) is 0 Å². The number of fused-ring (bicyclic) bond motifs is 1. The number of halogens is 1. The van der Waals surface area contributed by atoms with Crippen LogP contribution in [0.2, 0.25) is 5.02 Å². The van der Waals surface area contributed by atoms with Crippen LogP contribution in [0.25, 0.3) is 0 Å². The van der Waals surface area contributed by atoms with Gasteiger partial charge >= 0.3 is 0 Å². The molecule has 3 aromatic rings. The number of ether oxygens (including phenoxy) is 1. The maximum Gasteiger partial charge on any atom is 0.226 e. The smallest absolute Gasteiger partial charge is 0.226 e. The van der Waals surface area contributed by atoms with Gasteiger partial charge in [0.2, 0.25) is 5.95 Å². The molecule has 0 amide bonds. The highest BCUT2D eigenvalue weighted by Gasteiger charge is 2.41. The van der Waals surface area contributed by atoms with Gasteiger partial charge in [-0.25, -0.2) is 4.68 Å². The molecular weight excluding hydrogens is 412 g/mol. The molecule has 5 rings (SSSR count). The van der Waals surface area contributed by atoms with Gasteiger partial charge in [-0.3, -0.25) is 4.79 Å². The number of carbonyl (C=O) groups excluding carboxylic acids is 1. The number of nitrogens with one attached hydrogen (secondary N) is 1. The average molecular weight is 435 g/mol. The molecule has 1 aromatic heterocycles. The number of aromatic nitrogens is 3. The molecule has 2 heterocycles. The first kappa shape index (κ1) is 19.8. The van der Waals surface area contributed by atoms with Crippen LogP contribution in [0.5, 0.6) is 5.75 Å². The quantitative estimate of drug-likeness (QED) is 0.613. The lowest BCUT2D eigenvalue weighted by atomic mass is 9.73. The Kier molecular flexibility index (Phi) is 4.82. The molecule has 0 saturated carbocycles. The molecule has 0 saturated heterocycles. The van der Waals surface area contributed by atoms with E-state index in [1.54, 1.807) is 4.68 Å². The number of hydrogen-bond donors (Lipinski definition) is 1. The maximum atomic E-state index is 13.2. The van der Waals surface area contributed by atoms with Crippen molar-refractivity contribution in [3.05, 3.63) is 82.3 Å². The molecule has 7 heteroatoms. The second-order valence-electron chi connectivity index (χ2n) is 8.88. The maximum absolute atomic E-state index is 13.2. The van der Waals surface area contributed by atoms with Gasteiger partial charge in [0.25, 0.3) is 0 Å². The lowest BCUT2D eigenvalue weighted by Crippen LogP contribution is -2.36. The van der Waals surface area contributed by atoms with Gasteiger partial charge < -0.3 is 10.1 Å². The predicted octanol–water partition coefficient (Wildman–Crippen LogP) is 5.17. The summed E-state index contributed by atoms with van der Waals surface area (Å²) in [5.74, 6) is 1.54. The van der Waals surface area contributed by atoms with E-state index < -0.39 is 0 Å². The summed E-state index contributed by atoms with van der Waals surface area (Å²) in [7, 11) is 0. The third-order valence-corrected chi connectivity index (χ3v) is 6.02. The third kappa shape index (κ3) is 3.83. The summed E-state index contributed by atoms with van der Waals surface area (Å²) in [6.45, 7) is 4.67.